The van der Waals surface area contributed by atoms with Crippen molar-refractivity contribution in [1.29, 1.82) is 0 Å². The molecule has 1 fully saturated rings. The molecular formula is C10H15N3O6S2. The molecule has 0 saturated carbocycles. The molecule has 0 radical (unpaired) electrons. The molecule has 1 aromatic heterocycles. The number of hydrogen-bond acceptors (Lipinski definition) is 6. The van der Waals surface area contributed by atoms with Gasteiger partial charge in [-0.1, -0.05) is 0 Å². The zero-order valence-electron chi connectivity index (χ0n) is 11.0. The van der Waals surface area contributed by atoms with Crippen molar-refractivity contribution in [2.45, 2.75) is 29.5 Å². The van der Waals surface area contributed by atoms with Crippen molar-refractivity contribution in [3.63, 3.8) is 0 Å². The Hall–Kier alpha value is -1.46. The maximum absolute atomic E-state index is 12.0. The highest BCUT2D eigenvalue weighted by atomic mass is 32.2. The number of carboxylic acid groups (broad SMARTS) is 1. The molecule has 2 heterocycles. The third-order valence-electron chi connectivity index (χ3n) is 3.18. The van der Waals surface area contributed by atoms with E-state index in [1.807, 2.05) is 0 Å². The van der Waals surface area contributed by atoms with E-state index in [9.17, 15) is 21.6 Å². The SMILES string of the molecule is O=C(O)Cn1cc(S(=O)(=O)NCC2CCCS2(=O)=O)cn1. The lowest BCUT2D eigenvalue weighted by molar-refractivity contribution is -0.137. The molecule has 118 valence electrons. The molecule has 1 unspecified atom stereocenters. The molecule has 1 aliphatic rings. The van der Waals surface area contributed by atoms with Gasteiger partial charge in [-0.2, -0.15) is 5.10 Å². The normalized spacial score (nSPS) is 21.4. The molecule has 1 aliphatic heterocycles. The Labute approximate surface area is 121 Å². The van der Waals surface area contributed by atoms with Gasteiger partial charge in [-0.15, -0.1) is 0 Å². The summed E-state index contributed by atoms with van der Waals surface area (Å²) in [6, 6.07) is 0. The highest BCUT2D eigenvalue weighted by Gasteiger charge is 2.32. The van der Waals surface area contributed by atoms with Crippen LogP contribution in [0.1, 0.15) is 12.8 Å². The lowest BCUT2D eigenvalue weighted by Crippen LogP contribution is -2.34. The molecule has 0 aliphatic carbocycles. The van der Waals surface area contributed by atoms with Crippen LogP contribution in [0, 0.1) is 0 Å². The van der Waals surface area contributed by atoms with Gasteiger partial charge in [-0.3, -0.25) is 9.48 Å². The summed E-state index contributed by atoms with van der Waals surface area (Å²) in [7, 11) is -7.13. The minimum Gasteiger partial charge on any atom is -0.480 e. The van der Waals surface area contributed by atoms with Gasteiger partial charge in [0.25, 0.3) is 0 Å². The fourth-order valence-electron chi connectivity index (χ4n) is 2.08. The van der Waals surface area contributed by atoms with Crippen LogP contribution in [0.5, 0.6) is 0 Å². The quantitative estimate of drug-likeness (QED) is 0.667. The van der Waals surface area contributed by atoms with Crippen LogP contribution in [-0.2, 0) is 31.2 Å². The average molecular weight is 337 g/mol. The van der Waals surface area contributed by atoms with Gasteiger partial charge in [0, 0.05) is 12.7 Å². The standard InChI is InChI=1S/C10H15N3O6S2/c14-10(15)7-13-6-9(4-11-13)21(18,19)12-5-8-2-1-3-20(8,16)17/h4,6,8,12H,1-3,5,7H2,(H,14,15). The predicted octanol–water partition coefficient (Wildman–Crippen LogP) is -1.18. The van der Waals surface area contributed by atoms with E-state index in [-0.39, 0.29) is 17.2 Å². The summed E-state index contributed by atoms with van der Waals surface area (Å²) in [4.78, 5) is 10.3. The Morgan fingerprint density at radius 2 is 2.24 bits per heavy atom. The third-order valence-corrected chi connectivity index (χ3v) is 6.83. The van der Waals surface area contributed by atoms with E-state index in [4.69, 9.17) is 5.11 Å². The number of aliphatic carboxylic acids is 1. The minimum absolute atomic E-state index is 0.0793. The molecule has 9 nitrogen and oxygen atoms in total. The molecular weight excluding hydrogens is 322 g/mol. The second-order valence-corrected chi connectivity index (χ2v) is 8.92. The van der Waals surface area contributed by atoms with E-state index in [2.05, 4.69) is 9.82 Å². The Balaban J connectivity index is 2.05. The first-order valence-corrected chi connectivity index (χ1v) is 9.36. The number of carbonyl (C=O) groups is 1. The van der Waals surface area contributed by atoms with E-state index in [1.54, 1.807) is 0 Å². The molecule has 11 heteroatoms. The number of sulfonamides is 1. The Kier molecular flexibility index (Phi) is 4.35. The Morgan fingerprint density at radius 1 is 1.52 bits per heavy atom. The number of carboxylic acids is 1. The van der Waals surface area contributed by atoms with Crippen molar-refractivity contribution in [2.24, 2.45) is 0 Å². The molecule has 0 aromatic carbocycles. The van der Waals surface area contributed by atoms with Gasteiger partial charge in [0.05, 0.1) is 17.2 Å². The van der Waals surface area contributed by atoms with Gasteiger partial charge in [0.1, 0.15) is 11.4 Å². The second-order valence-electron chi connectivity index (χ2n) is 4.75. The monoisotopic (exact) mass is 337 g/mol. The van der Waals surface area contributed by atoms with Crippen LogP contribution < -0.4 is 4.72 Å². The van der Waals surface area contributed by atoms with Crippen molar-refractivity contribution in [1.82, 2.24) is 14.5 Å². The summed E-state index contributed by atoms with van der Waals surface area (Å²) in [6.45, 7) is -0.638. The number of aromatic nitrogens is 2. The summed E-state index contributed by atoms with van der Waals surface area (Å²) in [5.74, 6) is -1.07. The van der Waals surface area contributed by atoms with E-state index in [1.165, 1.54) is 0 Å². The van der Waals surface area contributed by atoms with Crippen molar-refractivity contribution in [3.8, 4) is 0 Å². The molecule has 0 spiro atoms. The predicted molar refractivity (Wildman–Crippen MR) is 71.9 cm³/mol. The highest BCUT2D eigenvalue weighted by Crippen LogP contribution is 2.19. The van der Waals surface area contributed by atoms with Crippen molar-refractivity contribution >= 4 is 25.8 Å². The molecule has 0 bridgehead atoms. The fourth-order valence-corrected chi connectivity index (χ4v) is 4.99. The van der Waals surface area contributed by atoms with Crippen LogP contribution in [0.15, 0.2) is 17.3 Å². The molecule has 2 rings (SSSR count). The smallest absolute Gasteiger partial charge is 0.325 e. The van der Waals surface area contributed by atoms with Crippen molar-refractivity contribution in [3.05, 3.63) is 12.4 Å². The molecule has 21 heavy (non-hydrogen) atoms. The Bertz CT molecular complexity index is 737. The Morgan fingerprint density at radius 3 is 2.81 bits per heavy atom. The zero-order chi connectivity index (χ0) is 15.7. The van der Waals surface area contributed by atoms with E-state index < -0.39 is 37.6 Å². The first-order chi connectivity index (χ1) is 9.71. The van der Waals surface area contributed by atoms with Crippen LogP contribution >= 0.6 is 0 Å². The molecule has 0 amide bonds. The van der Waals surface area contributed by atoms with E-state index in [0.717, 1.165) is 17.1 Å². The van der Waals surface area contributed by atoms with Crippen LogP contribution in [-0.4, -0.2) is 55.2 Å². The van der Waals surface area contributed by atoms with Gasteiger partial charge >= 0.3 is 5.97 Å². The van der Waals surface area contributed by atoms with E-state index in [0.29, 0.717) is 12.8 Å². The van der Waals surface area contributed by atoms with Gasteiger partial charge in [-0.05, 0) is 12.8 Å². The summed E-state index contributed by atoms with van der Waals surface area (Å²) < 4.78 is 50.4. The average Bonchev–Trinajstić information content (AvgIpc) is 2.93. The molecule has 2 N–H and O–H groups in total. The minimum atomic E-state index is -3.90. The lowest BCUT2D eigenvalue weighted by atomic mass is 10.2. The zero-order valence-corrected chi connectivity index (χ0v) is 12.6. The second kappa shape index (κ2) is 5.73. The first-order valence-electron chi connectivity index (χ1n) is 6.16. The van der Waals surface area contributed by atoms with Gasteiger partial charge in [-0.25, -0.2) is 21.6 Å². The largest absolute Gasteiger partial charge is 0.480 e. The van der Waals surface area contributed by atoms with Crippen molar-refractivity contribution < 1.29 is 26.7 Å². The van der Waals surface area contributed by atoms with E-state index >= 15 is 0 Å². The van der Waals surface area contributed by atoms with Crippen molar-refractivity contribution in [2.75, 3.05) is 12.3 Å². The third kappa shape index (κ3) is 3.80. The van der Waals surface area contributed by atoms with Crippen LogP contribution in [0.2, 0.25) is 0 Å². The summed E-state index contributed by atoms with van der Waals surface area (Å²) in [5, 5.41) is 11.5. The van der Waals surface area contributed by atoms with Gasteiger partial charge < -0.3 is 5.11 Å². The number of hydrogen-bond donors (Lipinski definition) is 2. The number of nitrogens with one attached hydrogen (secondary N) is 1. The van der Waals surface area contributed by atoms with Gasteiger partial charge in [0.2, 0.25) is 10.0 Å². The summed E-state index contributed by atoms with van der Waals surface area (Å²) in [6.07, 6.45) is 3.07. The summed E-state index contributed by atoms with van der Waals surface area (Å²) in [5.41, 5.74) is 0. The first kappa shape index (κ1) is 15.9. The fraction of sp³-hybridized carbons (Fsp3) is 0.600. The lowest BCUT2D eigenvalue weighted by Gasteiger charge is -2.10. The van der Waals surface area contributed by atoms with Crippen LogP contribution in [0.3, 0.4) is 0 Å². The summed E-state index contributed by atoms with van der Waals surface area (Å²) >= 11 is 0. The maximum atomic E-state index is 12.0. The molecule has 1 atom stereocenters. The topological polar surface area (TPSA) is 135 Å². The molecule has 1 aromatic rings. The van der Waals surface area contributed by atoms with Crippen LogP contribution in [0.4, 0.5) is 0 Å². The van der Waals surface area contributed by atoms with Gasteiger partial charge in [0.15, 0.2) is 9.84 Å². The maximum Gasteiger partial charge on any atom is 0.325 e. The highest BCUT2D eigenvalue weighted by molar-refractivity contribution is 7.92. The molecule has 1 saturated heterocycles. The number of sulfone groups is 1. The number of rotatable bonds is 6. The number of nitrogens with zero attached hydrogens (tertiary/aromatic N) is 2. The van der Waals surface area contributed by atoms with Crippen LogP contribution in [0.25, 0.3) is 0 Å².